The summed E-state index contributed by atoms with van der Waals surface area (Å²) in [7, 11) is 1.91. The molecule has 4 heteroatoms. The van der Waals surface area contributed by atoms with Crippen LogP contribution >= 0.6 is 0 Å². The summed E-state index contributed by atoms with van der Waals surface area (Å²) in [5, 5.41) is 0. The van der Waals surface area contributed by atoms with Crippen molar-refractivity contribution in [3.8, 4) is 0 Å². The van der Waals surface area contributed by atoms with Gasteiger partial charge in [0.1, 0.15) is 5.56 Å². The van der Waals surface area contributed by atoms with Gasteiger partial charge in [-0.3, -0.25) is 9.59 Å². The van der Waals surface area contributed by atoms with Gasteiger partial charge in [-0.25, -0.2) is 0 Å². The van der Waals surface area contributed by atoms with Crippen molar-refractivity contribution in [3.63, 3.8) is 0 Å². The molecule has 2 rings (SSSR count). The van der Waals surface area contributed by atoms with Crippen molar-refractivity contribution in [2.75, 3.05) is 0 Å². The van der Waals surface area contributed by atoms with Gasteiger partial charge >= 0.3 is 0 Å². The molecule has 0 saturated heterocycles. The van der Waals surface area contributed by atoms with E-state index < -0.39 is 0 Å². The second-order valence-electron chi connectivity index (χ2n) is 7.08. The molecule has 0 N–H and O–H groups in total. The normalized spacial score (nSPS) is 19.8. The number of amides is 1. The van der Waals surface area contributed by atoms with Gasteiger partial charge in [0.2, 0.25) is 0 Å². The van der Waals surface area contributed by atoms with Gasteiger partial charge in [0.25, 0.3) is 5.91 Å². The number of aromatic nitrogens is 1. The molecule has 4 nitrogen and oxygen atoms in total. The van der Waals surface area contributed by atoms with Gasteiger partial charge in [-0.05, 0) is 39.5 Å². The molecule has 0 fully saturated rings. The summed E-state index contributed by atoms with van der Waals surface area (Å²) in [4.78, 5) is 28.2. The Balaban J connectivity index is 2.61. The van der Waals surface area contributed by atoms with E-state index in [2.05, 4.69) is 26.2 Å². The molecular weight excluding hydrogens is 324 g/mol. The van der Waals surface area contributed by atoms with Crippen molar-refractivity contribution < 1.29 is 4.79 Å². The minimum atomic E-state index is -0.191. The van der Waals surface area contributed by atoms with E-state index in [1.165, 1.54) is 5.57 Å². The van der Waals surface area contributed by atoms with Gasteiger partial charge in [-0.15, -0.1) is 13.2 Å². The maximum atomic E-state index is 13.6. The highest BCUT2D eigenvalue weighted by atomic mass is 16.2. The number of pyridine rings is 1. The van der Waals surface area contributed by atoms with Crippen LogP contribution in [0.3, 0.4) is 0 Å². The Kier molecular flexibility index (Phi) is 6.41. The Hall–Kier alpha value is -2.36. The topological polar surface area (TPSA) is 42.3 Å². The first-order chi connectivity index (χ1) is 12.3. The lowest BCUT2D eigenvalue weighted by Crippen LogP contribution is -2.50. The third kappa shape index (κ3) is 3.74. The maximum absolute atomic E-state index is 13.6. The van der Waals surface area contributed by atoms with Crippen LogP contribution in [-0.4, -0.2) is 27.5 Å². The van der Waals surface area contributed by atoms with E-state index in [1.54, 1.807) is 6.07 Å². The predicted octanol–water partition coefficient (Wildman–Crippen LogP) is 3.94. The molecule has 1 aromatic rings. The standard InChI is InChI=1S/C22H30N2O2/c1-7-10-17-12-15(4)13-18(11-8-2)24(17)22(26)21-19(9-3)23(6)16(5)14-20(21)25/h7-8,12,14,17-18H,1-2,9-11,13H2,3-6H3/t17-,18-/m0/s1. The van der Waals surface area contributed by atoms with E-state index in [0.717, 1.165) is 17.8 Å². The van der Waals surface area contributed by atoms with Crippen molar-refractivity contribution in [1.29, 1.82) is 0 Å². The zero-order valence-electron chi connectivity index (χ0n) is 16.4. The van der Waals surface area contributed by atoms with Crippen molar-refractivity contribution >= 4 is 5.91 Å². The number of carbonyl (C=O) groups is 1. The molecule has 2 atom stereocenters. The van der Waals surface area contributed by atoms with Crippen LogP contribution in [0.2, 0.25) is 0 Å². The van der Waals surface area contributed by atoms with Gasteiger partial charge in [0, 0.05) is 30.5 Å². The highest BCUT2D eigenvalue weighted by molar-refractivity contribution is 5.96. The van der Waals surface area contributed by atoms with Crippen LogP contribution in [0, 0.1) is 6.92 Å². The zero-order chi connectivity index (χ0) is 19.4. The van der Waals surface area contributed by atoms with Crippen LogP contribution < -0.4 is 5.43 Å². The summed E-state index contributed by atoms with van der Waals surface area (Å²) in [5.41, 5.74) is 3.03. The number of aryl methyl sites for hydroxylation is 1. The number of carbonyl (C=O) groups excluding carboxylic acids is 1. The first-order valence-electron chi connectivity index (χ1n) is 9.26. The Morgan fingerprint density at radius 1 is 1.27 bits per heavy atom. The van der Waals surface area contributed by atoms with Crippen molar-refractivity contribution in [3.05, 3.63) is 70.2 Å². The fraction of sp³-hybridized carbons (Fsp3) is 0.455. The Bertz CT molecular complexity index is 801. The molecule has 0 aliphatic carbocycles. The van der Waals surface area contributed by atoms with Crippen LogP contribution in [0.25, 0.3) is 0 Å². The molecule has 26 heavy (non-hydrogen) atoms. The lowest BCUT2D eigenvalue weighted by atomic mass is 9.91. The summed E-state index contributed by atoms with van der Waals surface area (Å²) in [6.45, 7) is 13.7. The minimum Gasteiger partial charge on any atom is -0.351 e. The highest BCUT2D eigenvalue weighted by Crippen LogP contribution is 2.29. The molecule has 1 aliphatic heterocycles. The van der Waals surface area contributed by atoms with Gasteiger partial charge in [0.15, 0.2) is 5.43 Å². The van der Waals surface area contributed by atoms with Crippen LogP contribution in [0.15, 0.2) is 47.8 Å². The average molecular weight is 354 g/mol. The van der Waals surface area contributed by atoms with E-state index in [0.29, 0.717) is 24.8 Å². The third-order valence-electron chi connectivity index (χ3n) is 5.22. The summed E-state index contributed by atoms with van der Waals surface area (Å²) < 4.78 is 1.95. The highest BCUT2D eigenvalue weighted by Gasteiger charge is 2.34. The van der Waals surface area contributed by atoms with E-state index in [-0.39, 0.29) is 23.4 Å². The van der Waals surface area contributed by atoms with Crippen LogP contribution in [-0.2, 0) is 13.5 Å². The van der Waals surface area contributed by atoms with Crippen molar-refractivity contribution in [2.24, 2.45) is 7.05 Å². The summed E-state index contributed by atoms with van der Waals surface area (Å²) in [5.74, 6) is -0.176. The Morgan fingerprint density at radius 3 is 2.50 bits per heavy atom. The van der Waals surface area contributed by atoms with E-state index in [4.69, 9.17) is 0 Å². The number of nitrogens with zero attached hydrogens (tertiary/aromatic N) is 2. The fourth-order valence-corrected chi connectivity index (χ4v) is 3.93. The lowest BCUT2D eigenvalue weighted by molar-refractivity contribution is 0.0597. The fourth-order valence-electron chi connectivity index (χ4n) is 3.93. The molecule has 0 spiro atoms. The Morgan fingerprint density at radius 2 is 1.92 bits per heavy atom. The largest absolute Gasteiger partial charge is 0.351 e. The first-order valence-corrected chi connectivity index (χ1v) is 9.26. The van der Waals surface area contributed by atoms with E-state index in [1.807, 2.05) is 42.5 Å². The molecule has 0 bridgehead atoms. The molecule has 0 radical (unpaired) electrons. The summed E-state index contributed by atoms with van der Waals surface area (Å²) in [6.07, 6.45) is 8.63. The lowest BCUT2D eigenvalue weighted by Gasteiger charge is -2.40. The van der Waals surface area contributed by atoms with Crippen LogP contribution in [0.5, 0.6) is 0 Å². The molecule has 1 aromatic heterocycles. The molecule has 0 aromatic carbocycles. The zero-order valence-corrected chi connectivity index (χ0v) is 16.4. The third-order valence-corrected chi connectivity index (χ3v) is 5.22. The molecular formula is C22H30N2O2. The van der Waals surface area contributed by atoms with Gasteiger partial charge in [-0.2, -0.15) is 0 Å². The average Bonchev–Trinajstić information content (AvgIpc) is 2.57. The minimum absolute atomic E-state index is 0.0191. The quantitative estimate of drug-likeness (QED) is 0.726. The van der Waals surface area contributed by atoms with Crippen LogP contribution in [0.1, 0.15) is 54.9 Å². The van der Waals surface area contributed by atoms with E-state index in [9.17, 15) is 9.59 Å². The summed E-state index contributed by atoms with van der Waals surface area (Å²) >= 11 is 0. The van der Waals surface area contributed by atoms with Crippen molar-refractivity contribution in [1.82, 2.24) is 9.47 Å². The first kappa shape index (κ1) is 20.0. The van der Waals surface area contributed by atoms with Crippen molar-refractivity contribution in [2.45, 2.75) is 58.5 Å². The summed E-state index contributed by atoms with van der Waals surface area (Å²) in [6, 6.07) is 1.50. The number of hydrogen-bond acceptors (Lipinski definition) is 2. The van der Waals surface area contributed by atoms with Gasteiger partial charge < -0.3 is 9.47 Å². The molecule has 1 amide bonds. The van der Waals surface area contributed by atoms with Gasteiger partial charge in [0.05, 0.1) is 6.04 Å². The Labute approximate surface area is 156 Å². The maximum Gasteiger partial charge on any atom is 0.260 e. The SMILES string of the molecule is C=CC[C@H]1CC(C)=C[C@H](CC=C)N1C(=O)c1c(CC)n(C)c(C)cc1=O. The number of hydrogen-bond donors (Lipinski definition) is 0. The number of rotatable bonds is 6. The molecule has 0 saturated carbocycles. The van der Waals surface area contributed by atoms with Gasteiger partial charge in [-0.1, -0.05) is 30.7 Å². The molecule has 0 unspecified atom stereocenters. The molecule has 140 valence electrons. The smallest absolute Gasteiger partial charge is 0.260 e. The monoisotopic (exact) mass is 354 g/mol. The second kappa shape index (κ2) is 8.35. The van der Waals surface area contributed by atoms with E-state index >= 15 is 0 Å². The molecule has 2 heterocycles. The predicted molar refractivity (Wildman–Crippen MR) is 108 cm³/mol. The second-order valence-corrected chi connectivity index (χ2v) is 7.08. The van der Waals surface area contributed by atoms with Crippen LogP contribution in [0.4, 0.5) is 0 Å². The molecule has 1 aliphatic rings.